The van der Waals surface area contributed by atoms with Crippen molar-refractivity contribution in [3.8, 4) is 39.8 Å². The van der Waals surface area contributed by atoms with E-state index in [-0.39, 0.29) is 0 Å². The summed E-state index contributed by atoms with van der Waals surface area (Å²) in [5.74, 6) is 3.23. The minimum atomic E-state index is 0.437. The number of ether oxygens (including phenoxy) is 2. The van der Waals surface area contributed by atoms with Gasteiger partial charge in [-0.25, -0.2) is 4.99 Å². The van der Waals surface area contributed by atoms with Gasteiger partial charge in [0.05, 0.1) is 11.2 Å². The summed E-state index contributed by atoms with van der Waals surface area (Å²) in [6.45, 7) is 4.37. The first-order valence-electron chi connectivity index (χ1n) is 18.6. The maximum atomic E-state index is 6.75. The number of nitrogens with zero attached hydrogens (tertiary/aromatic N) is 2. The van der Waals surface area contributed by atoms with E-state index in [0.717, 1.165) is 77.4 Å². The highest BCUT2D eigenvalue weighted by Gasteiger charge is 2.26. The van der Waals surface area contributed by atoms with Crippen LogP contribution in [0, 0.1) is 0 Å². The highest BCUT2D eigenvalue weighted by atomic mass is 16.6. The Labute approximate surface area is 324 Å². The van der Waals surface area contributed by atoms with Gasteiger partial charge in [0.2, 0.25) is 0 Å². The number of allylic oxidation sites excluding steroid dienone is 2. The molecule has 0 amide bonds. The third kappa shape index (κ3) is 5.88. The number of hydrogen-bond donors (Lipinski definition) is 1. The highest BCUT2D eigenvalue weighted by molar-refractivity contribution is 6.12. The second-order valence-corrected chi connectivity index (χ2v) is 13.9. The van der Waals surface area contributed by atoms with E-state index < -0.39 is 0 Å². The van der Waals surface area contributed by atoms with Gasteiger partial charge in [0.25, 0.3) is 0 Å². The molecule has 2 N–H and O–H groups in total. The number of amidine groups is 1. The molecular weight excluding hydrogens is 687 g/mol. The summed E-state index contributed by atoms with van der Waals surface area (Å²) >= 11 is 0. The fraction of sp³-hybridized carbons (Fsp3) is 0. The number of nitrogens with two attached hydrogens (primary N) is 1. The van der Waals surface area contributed by atoms with Crippen molar-refractivity contribution in [3.05, 3.63) is 211 Å². The van der Waals surface area contributed by atoms with Gasteiger partial charge in [-0.15, -0.1) is 0 Å². The predicted octanol–water partition coefficient (Wildman–Crippen LogP) is 13.0. The second-order valence-electron chi connectivity index (χ2n) is 13.9. The number of hydrogen-bond acceptors (Lipinski definition) is 3. The van der Waals surface area contributed by atoms with Gasteiger partial charge in [-0.1, -0.05) is 140 Å². The van der Waals surface area contributed by atoms with Gasteiger partial charge in [0.15, 0.2) is 23.0 Å². The second kappa shape index (κ2) is 13.7. The Morgan fingerprint density at radius 3 is 1.93 bits per heavy atom. The van der Waals surface area contributed by atoms with E-state index in [2.05, 4.69) is 108 Å². The van der Waals surface area contributed by atoms with Crippen molar-refractivity contribution in [1.82, 2.24) is 4.57 Å². The molecule has 0 atom stereocenters. The molecule has 1 aliphatic heterocycles. The minimum Gasteiger partial charge on any atom is -0.449 e. The third-order valence-corrected chi connectivity index (χ3v) is 10.4. The average molecular weight is 722 g/mol. The van der Waals surface area contributed by atoms with Crippen molar-refractivity contribution in [3.63, 3.8) is 0 Å². The van der Waals surface area contributed by atoms with Crippen molar-refractivity contribution >= 4 is 49.7 Å². The highest BCUT2D eigenvalue weighted by Crippen LogP contribution is 2.51. The summed E-state index contributed by atoms with van der Waals surface area (Å²) in [5.41, 5.74) is 16.1. The lowest BCUT2D eigenvalue weighted by atomic mass is 9.99. The van der Waals surface area contributed by atoms with Crippen molar-refractivity contribution in [2.45, 2.75) is 0 Å². The van der Waals surface area contributed by atoms with Crippen LogP contribution in [0.2, 0.25) is 0 Å². The van der Waals surface area contributed by atoms with E-state index in [1.54, 1.807) is 0 Å². The fourth-order valence-corrected chi connectivity index (χ4v) is 7.59. The molecule has 0 spiro atoms. The summed E-state index contributed by atoms with van der Waals surface area (Å²) in [7, 11) is 0. The summed E-state index contributed by atoms with van der Waals surface area (Å²) in [5, 5.41) is 4.44. The first kappa shape index (κ1) is 33.0. The summed E-state index contributed by atoms with van der Waals surface area (Å²) in [6.07, 6.45) is 2.00. The molecule has 1 aromatic heterocycles. The maximum Gasteiger partial charge on any atom is 0.194 e. The monoisotopic (exact) mass is 721 g/mol. The Morgan fingerprint density at radius 1 is 0.536 bits per heavy atom. The standard InChI is InChI=1S/C51H35N3O2/c1-33(34-13-4-2-5-14-34)29-44(53-51(52)36-15-6-3-7-16-36)40-20-12-19-37(30-40)35-23-25-41(26-24-35)54-45-22-11-10-21-42(45)43-27-28-46-50(49(43)54)56-48-32-39-18-9-8-17-38(39)31-47(48)55-46/h2-32H,1H2,(H2,52,53)/b44-29-. The SMILES string of the molecule is C=C(/C=C(\N=C(N)c1ccccc1)c1cccc(-c2ccc(-n3c4ccccc4c4ccc5c(c43)Oc3cc4ccccc4cc3O5)cc2)c1)c1ccccc1. The van der Waals surface area contributed by atoms with Crippen LogP contribution in [0.3, 0.4) is 0 Å². The van der Waals surface area contributed by atoms with Gasteiger partial charge < -0.3 is 19.8 Å². The quantitative estimate of drug-likeness (QED) is 0.101. The van der Waals surface area contributed by atoms with Crippen LogP contribution in [-0.2, 0) is 0 Å². The number of fused-ring (bicyclic) bond motifs is 7. The molecule has 5 heteroatoms. The largest absolute Gasteiger partial charge is 0.449 e. The molecule has 0 radical (unpaired) electrons. The van der Waals surface area contributed by atoms with Crippen LogP contribution >= 0.6 is 0 Å². The average Bonchev–Trinajstić information content (AvgIpc) is 3.60. The molecule has 56 heavy (non-hydrogen) atoms. The molecule has 0 unspecified atom stereocenters. The van der Waals surface area contributed by atoms with Crippen LogP contribution in [0.4, 0.5) is 0 Å². The van der Waals surface area contributed by atoms with Gasteiger partial charge in [0, 0.05) is 27.6 Å². The molecule has 266 valence electrons. The summed E-state index contributed by atoms with van der Waals surface area (Å²) < 4.78 is 15.5. The van der Waals surface area contributed by atoms with E-state index in [4.69, 9.17) is 20.2 Å². The van der Waals surface area contributed by atoms with Gasteiger partial charge in [0.1, 0.15) is 11.4 Å². The van der Waals surface area contributed by atoms with Crippen molar-refractivity contribution in [2.75, 3.05) is 0 Å². The molecule has 8 aromatic carbocycles. The van der Waals surface area contributed by atoms with Crippen molar-refractivity contribution in [2.24, 2.45) is 10.7 Å². The van der Waals surface area contributed by atoms with Crippen molar-refractivity contribution in [1.29, 1.82) is 0 Å². The van der Waals surface area contributed by atoms with Crippen LogP contribution in [-0.4, -0.2) is 10.4 Å². The Balaban J connectivity index is 1.05. The number of rotatable bonds is 7. The first-order valence-corrected chi connectivity index (χ1v) is 18.6. The summed E-state index contributed by atoms with van der Waals surface area (Å²) in [4.78, 5) is 4.96. The van der Waals surface area contributed by atoms with E-state index >= 15 is 0 Å². The predicted molar refractivity (Wildman–Crippen MR) is 231 cm³/mol. The van der Waals surface area contributed by atoms with Gasteiger partial charge in [-0.2, -0.15) is 0 Å². The zero-order valence-corrected chi connectivity index (χ0v) is 30.4. The molecule has 10 rings (SSSR count). The topological polar surface area (TPSA) is 61.8 Å². The molecule has 0 saturated heterocycles. The Bertz CT molecular complexity index is 3030. The minimum absolute atomic E-state index is 0.437. The van der Waals surface area contributed by atoms with Gasteiger partial charge in [-0.05, 0) is 87.6 Å². The van der Waals surface area contributed by atoms with E-state index in [1.165, 1.54) is 0 Å². The van der Waals surface area contributed by atoms with Gasteiger partial charge in [-0.3, -0.25) is 0 Å². The van der Waals surface area contributed by atoms with Crippen LogP contribution in [0.25, 0.3) is 60.7 Å². The van der Waals surface area contributed by atoms with E-state index in [9.17, 15) is 0 Å². The number of benzene rings is 8. The number of para-hydroxylation sites is 1. The maximum absolute atomic E-state index is 6.75. The fourth-order valence-electron chi connectivity index (χ4n) is 7.59. The lowest BCUT2D eigenvalue weighted by Gasteiger charge is -2.23. The molecule has 9 aromatic rings. The third-order valence-electron chi connectivity index (χ3n) is 10.4. The smallest absolute Gasteiger partial charge is 0.194 e. The van der Waals surface area contributed by atoms with Crippen molar-refractivity contribution < 1.29 is 9.47 Å². The lowest BCUT2D eigenvalue weighted by molar-refractivity contribution is 0.363. The molecule has 1 aliphatic rings. The molecule has 0 saturated carbocycles. The molecule has 0 aliphatic carbocycles. The Morgan fingerprint density at radius 2 is 1.18 bits per heavy atom. The van der Waals surface area contributed by atoms with Crippen LogP contribution in [0.1, 0.15) is 16.7 Å². The van der Waals surface area contributed by atoms with Gasteiger partial charge >= 0.3 is 0 Å². The van der Waals surface area contributed by atoms with Crippen LogP contribution < -0.4 is 15.2 Å². The van der Waals surface area contributed by atoms with Crippen LogP contribution in [0.15, 0.2) is 200 Å². The number of aromatic nitrogens is 1. The first-order chi connectivity index (χ1) is 27.6. The summed E-state index contributed by atoms with van der Waals surface area (Å²) in [6, 6.07) is 62.0. The molecular formula is C51H35N3O2. The molecule has 0 fully saturated rings. The van der Waals surface area contributed by atoms with E-state index in [1.807, 2.05) is 91.0 Å². The zero-order chi connectivity index (χ0) is 37.6. The Kier molecular flexibility index (Phi) is 8.04. The molecule has 2 heterocycles. The normalized spacial score (nSPS) is 12.6. The number of aliphatic imine (C=N–C) groups is 1. The van der Waals surface area contributed by atoms with Crippen LogP contribution in [0.5, 0.6) is 23.0 Å². The zero-order valence-electron chi connectivity index (χ0n) is 30.4. The molecule has 0 bridgehead atoms. The Hall–Kier alpha value is -7.63. The van der Waals surface area contributed by atoms with E-state index in [0.29, 0.717) is 28.8 Å². The lowest BCUT2D eigenvalue weighted by Crippen LogP contribution is -2.13. The molecule has 5 nitrogen and oxygen atoms in total.